The van der Waals surface area contributed by atoms with Crippen molar-refractivity contribution in [1.29, 1.82) is 0 Å². The van der Waals surface area contributed by atoms with Crippen molar-refractivity contribution in [3.05, 3.63) is 29.6 Å². The Morgan fingerprint density at radius 2 is 2.26 bits per heavy atom. The van der Waals surface area contributed by atoms with Crippen LogP contribution in [0.2, 0.25) is 0 Å². The van der Waals surface area contributed by atoms with E-state index in [1.165, 1.54) is 13.0 Å². The van der Waals surface area contributed by atoms with Gasteiger partial charge in [0.15, 0.2) is 5.78 Å². The predicted molar refractivity (Wildman–Crippen MR) is 75.3 cm³/mol. The van der Waals surface area contributed by atoms with Crippen molar-refractivity contribution in [2.24, 2.45) is 5.92 Å². The molecular weight excluding hydrogens is 243 g/mol. The molecule has 1 aromatic rings. The van der Waals surface area contributed by atoms with Gasteiger partial charge in [0, 0.05) is 25.7 Å². The first-order valence-electron chi connectivity index (χ1n) is 6.68. The molecule has 0 saturated carbocycles. The standard InChI is InChI=1S/C15H21FN2O/c1-11(19)13-5-4-6-14(16)15(13)18(3)10-12-7-8-17(2)9-12/h4-6,12H,7-10H2,1-3H3. The van der Waals surface area contributed by atoms with Gasteiger partial charge in [0.1, 0.15) is 5.82 Å². The van der Waals surface area contributed by atoms with Gasteiger partial charge in [-0.05, 0) is 45.0 Å². The third-order valence-corrected chi connectivity index (χ3v) is 3.77. The van der Waals surface area contributed by atoms with Crippen molar-refractivity contribution in [3.8, 4) is 0 Å². The molecule has 0 amide bonds. The maximum atomic E-state index is 14.0. The largest absolute Gasteiger partial charge is 0.371 e. The van der Waals surface area contributed by atoms with Gasteiger partial charge < -0.3 is 9.80 Å². The van der Waals surface area contributed by atoms with Crippen LogP contribution in [0.1, 0.15) is 23.7 Å². The minimum absolute atomic E-state index is 0.0927. The van der Waals surface area contributed by atoms with E-state index in [9.17, 15) is 9.18 Å². The minimum Gasteiger partial charge on any atom is -0.371 e. The first-order valence-corrected chi connectivity index (χ1v) is 6.68. The molecule has 1 heterocycles. The summed E-state index contributed by atoms with van der Waals surface area (Å²) in [6, 6.07) is 4.70. The number of carbonyl (C=O) groups is 1. The fourth-order valence-corrected chi connectivity index (χ4v) is 2.84. The third kappa shape index (κ3) is 3.13. The van der Waals surface area contributed by atoms with Crippen molar-refractivity contribution in [3.63, 3.8) is 0 Å². The van der Waals surface area contributed by atoms with E-state index in [0.717, 1.165) is 26.1 Å². The topological polar surface area (TPSA) is 23.6 Å². The second kappa shape index (κ2) is 5.70. The molecule has 0 bridgehead atoms. The molecule has 1 saturated heterocycles. The van der Waals surface area contributed by atoms with Crippen molar-refractivity contribution in [2.75, 3.05) is 38.6 Å². The maximum Gasteiger partial charge on any atom is 0.161 e. The van der Waals surface area contributed by atoms with E-state index in [-0.39, 0.29) is 11.6 Å². The van der Waals surface area contributed by atoms with Crippen LogP contribution in [-0.2, 0) is 0 Å². The van der Waals surface area contributed by atoms with E-state index in [4.69, 9.17) is 0 Å². The van der Waals surface area contributed by atoms with Crippen LogP contribution in [-0.4, -0.2) is 44.4 Å². The van der Waals surface area contributed by atoms with Crippen LogP contribution in [0.25, 0.3) is 0 Å². The van der Waals surface area contributed by atoms with E-state index < -0.39 is 0 Å². The SMILES string of the molecule is CC(=O)c1cccc(F)c1N(C)CC1CCN(C)C1. The number of likely N-dealkylation sites (tertiary alicyclic amines) is 1. The summed E-state index contributed by atoms with van der Waals surface area (Å²) in [6.45, 7) is 4.39. The molecule has 1 aliphatic rings. The summed E-state index contributed by atoms with van der Waals surface area (Å²) >= 11 is 0. The Kier molecular flexibility index (Phi) is 4.20. The number of carbonyl (C=O) groups excluding carboxylic acids is 1. The van der Waals surface area contributed by atoms with Gasteiger partial charge in [-0.2, -0.15) is 0 Å². The smallest absolute Gasteiger partial charge is 0.161 e. The second-order valence-electron chi connectivity index (χ2n) is 5.49. The Hall–Kier alpha value is -1.42. The van der Waals surface area contributed by atoms with E-state index in [2.05, 4.69) is 11.9 Å². The zero-order valence-corrected chi connectivity index (χ0v) is 11.8. The Balaban J connectivity index is 2.18. The highest BCUT2D eigenvalue weighted by Crippen LogP contribution is 2.26. The van der Waals surface area contributed by atoms with Crippen LogP contribution in [0.4, 0.5) is 10.1 Å². The molecule has 1 aliphatic heterocycles. The molecule has 1 atom stereocenters. The zero-order chi connectivity index (χ0) is 14.0. The number of hydrogen-bond donors (Lipinski definition) is 0. The van der Waals surface area contributed by atoms with E-state index in [1.807, 2.05) is 11.9 Å². The summed E-state index contributed by atoms with van der Waals surface area (Å²) in [5, 5.41) is 0. The van der Waals surface area contributed by atoms with Crippen LogP contribution in [0, 0.1) is 11.7 Å². The molecule has 19 heavy (non-hydrogen) atoms. The second-order valence-corrected chi connectivity index (χ2v) is 5.49. The lowest BCUT2D eigenvalue weighted by molar-refractivity contribution is 0.101. The lowest BCUT2D eigenvalue weighted by Crippen LogP contribution is -2.29. The first-order chi connectivity index (χ1) is 8.99. The molecule has 1 fully saturated rings. The van der Waals surface area contributed by atoms with Gasteiger partial charge >= 0.3 is 0 Å². The van der Waals surface area contributed by atoms with Crippen LogP contribution >= 0.6 is 0 Å². The summed E-state index contributed by atoms with van der Waals surface area (Å²) in [6.07, 6.45) is 1.13. The van der Waals surface area contributed by atoms with E-state index >= 15 is 0 Å². The number of nitrogens with zero attached hydrogens (tertiary/aromatic N) is 2. The first kappa shape index (κ1) is 14.0. The molecule has 1 unspecified atom stereocenters. The normalized spacial score (nSPS) is 19.7. The van der Waals surface area contributed by atoms with Crippen LogP contribution in [0.3, 0.4) is 0 Å². The Morgan fingerprint density at radius 3 is 2.84 bits per heavy atom. The molecule has 104 valence electrons. The van der Waals surface area contributed by atoms with Gasteiger partial charge in [-0.1, -0.05) is 6.07 Å². The van der Waals surface area contributed by atoms with Gasteiger partial charge in [0.2, 0.25) is 0 Å². The number of hydrogen-bond acceptors (Lipinski definition) is 3. The fraction of sp³-hybridized carbons (Fsp3) is 0.533. The van der Waals surface area contributed by atoms with Gasteiger partial charge in [0.25, 0.3) is 0 Å². The molecule has 2 rings (SSSR count). The van der Waals surface area contributed by atoms with Gasteiger partial charge in [-0.3, -0.25) is 4.79 Å². The Morgan fingerprint density at radius 1 is 1.53 bits per heavy atom. The maximum absolute atomic E-state index is 14.0. The Labute approximate surface area is 114 Å². The fourth-order valence-electron chi connectivity index (χ4n) is 2.84. The Bertz CT molecular complexity index is 475. The van der Waals surface area contributed by atoms with Crippen molar-refractivity contribution >= 4 is 11.5 Å². The third-order valence-electron chi connectivity index (χ3n) is 3.77. The zero-order valence-electron chi connectivity index (χ0n) is 11.8. The molecule has 0 aromatic heterocycles. The van der Waals surface area contributed by atoms with Gasteiger partial charge in [0.05, 0.1) is 5.69 Å². The average Bonchev–Trinajstić information content (AvgIpc) is 2.74. The number of ketones is 1. The highest BCUT2D eigenvalue weighted by Gasteiger charge is 2.23. The number of halogens is 1. The number of rotatable bonds is 4. The van der Waals surface area contributed by atoms with E-state index in [1.54, 1.807) is 12.1 Å². The number of anilines is 1. The molecule has 0 radical (unpaired) electrons. The van der Waals surface area contributed by atoms with Crippen molar-refractivity contribution in [1.82, 2.24) is 4.90 Å². The number of para-hydroxylation sites is 1. The molecule has 0 spiro atoms. The summed E-state index contributed by atoms with van der Waals surface area (Å²) in [7, 11) is 3.97. The van der Waals surface area contributed by atoms with Gasteiger partial charge in [-0.25, -0.2) is 4.39 Å². The summed E-state index contributed by atoms with van der Waals surface area (Å²) in [4.78, 5) is 15.8. The molecule has 3 nitrogen and oxygen atoms in total. The average molecular weight is 264 g/mol. The summed E-state index contributed by atoms with van der Waals surface area (Å²) in [5.74, 6) is 0.126. The highest BCUT2D eigenvalue weighted by molar-refractivity contribution is 5.99. The molecule has 0 aliphatic carbocycles. The number of Topliss-reactive ketones (excluding diaryl/α,β-unsaturated/α-hetero) is 1. The van der Waals surface area contributed by atoms with Crippen LogP contribution < -0.4 is 4.90 Å². The van der Waals surface area contributed by atoms with E-state index in [0.29, 0.717) is 17.2 Å². The van der Waals surface area contributed by atoms with Crippen molar-refractivity contribution < 1.29 is 9.18 Å². The summed E-state index contributed by atoms with van der Waals surface area (Å²) < 4.78 is 14.0. The van der Waals surface area contributed by atoms with Crippen LogP contribution in [0.5, 0.6) is 0 Å². The van der Waals surface area contributed by atoms with Gasteiger partial charge in [-0.15, -0.1) is 0 Å². The monoisotopic (exact) mass is 264 g/mol. The number of benzene rings is 1. The van der Waals surface area contributed by atoms with Crippen molar-refractivity contribution in [2.45, 2.75) is 13.3 Å². The highest BCUT2D eigenvalue weighted by atomic mass is 19.1. The summed E-state index contributed by atoms with van der Waals surface area (Å²) in [5.41, 5.74) is 0.901. The minimum atomic E-state index is -0.318. The molecular formula is C15H21FN2O. The molecule has 0 N–H and O–H groups in total. The molecule has 1 aromatic carbocycles. The van der Waals surface area contributed by atoms with Crippen LogP contribution in [0.15, 0.2) is 18.2 Å². The molecule has 4 heteroatoms. The lowest BCUT2D eigenvalue weighted by Gasteiger charge is -2.25. The lowest BCUT2D eigenvalue weighted by atomic mass is 10.1. The quantitative estimate of drug-likeness (QED) is 0.780. The predicted octanol–water partition coefficient (Wildman–Crippen LogP) is 2.42.